The van der Waals surface area contributed by atoms with Crippen molar-refractivity contribution in [3.8, 4) is 0 Å². The first kappa shape index (κ1) is 21.3. The van der Waals surface area contributed by atoms with Crippen molar-refractivity contribution < 1.29 is 4.74 Å². The largest absolute Gasteiger partial charge is 0.372 e. The first-order valence-corrected chi connectivity index (χ1v) is 10.1. The summed E-state index contributed by atoms with van der Waals surface area (Å²) < 4.78 is 6.14. The maximum atomic E-state index is 6.14. The molecule has 1 heterocycles. The summed E-state index contributed by atoms with van der Waals surface area (Å²) in [6.45, 7) is 8.57. The molecule has 25 heavy (non-hydrogen) atoms. The van der Waals surface area contributed by atoms with Crippen molar-refractivity contribution in [2.24, 2.45) is 16.8 Å². The minimum atomic E-state index is -0.0337. The molecule has 146 valence electrons. The number of nitrogens with one attached hydrogen (secondary N) is 1. The number of piperidine rings is 1. The van der Waals surface area contributed by atoms with Crippen LogP contribution in [-0.4, -0.2) is 48.7 Å². The third kappa shape index (κ3) is 6.26. The molecule has 2 aliphatic carbocycles. The van der Waals surface area contributed by atoms with E-state index in [1.165, 1.54) is 38.5 Å². The zero-order chi connectivity index (χ0) is 17.2. The van der Waals surface area contributed by atoms with Crippen molar-refractivity contribution in [1.29, 1.82) is 0 Å². The summed E-state index contributed by atoms with van der Waals surface area (Å²) in [5, 5.41) is 3.76. The second-order valence-electron chi connectivity index (χ2n) is 9.01. The van der Waals surface area contributed by atoms with Gasteiger partial charge in [0.05, 0.1) is 11.7 Å². The van der Waals surface area contributed by atoms with E-state index >= 15 is 0 Å². The number of halogens is 1. The van der Waals surface area contributed by atoms with Crippen molar-refractivity contribution in [3.63, 3.8) is 0 Å². The molecular formula is C20H38IN3O. The van der Waals surface area contributed by atoms with Crippen LogP contribution < -0.4 is 5.32 Å². The highest BCUT2D eigenvalue weighted by Crippen LogP contribution is 2.44. The van der Waals surface area contributed by atoms with Gasteiger partial charge in [0.2, 0.25) is 0 Å². The third-order valence-corrected chi connectivity index (χ3v) is 5.88. The van der Waals surface area contributed by atoms with E-state index in [9.17, 15) is 0 Å². The zero-order valence-electron chi connectivity index (χ0n) is 16.6. The van der Waals surface area contributed by atoms with Gasteiger partial charge >= 0.3 is 0 Å². The molecule has 1 aliphatic heterocycles. The summed E-state index contributed by atoms with van der Waals surface area (Å²) in [7, 11) is 1.93. The lowest BCUT2D eigenvalue weighted by molar-refractivity contribution is -0.0772. The highest BCUT2D eigenvalue weighted by Gasteiger charge is 2.44. The Labute approximate surface area is 171 Å². The Bertz CT molecular complexity index is 435. The van der Waals surface area contributed by atoms with Crippen molar-refractivity contribution in [1.82, 2.24) is 10.2 Å². The molecule has 5 heteroatoms. The molecule has 0 spiro atoms. The number of nitrogens with zero attached hydrogens (tertiary/aromatic N) is 2. The Hall–Kier alpha value is -0.0400. The topological polar surface area (TPSA) is 36.9 Å². The van der Waals surface area contributed by atoms with Crippen LogP contribution in [0.15, 0.2) is 4.99 Å². The summed E-state index contributed by atoms with van der Waals surface area (Å²) in [4.78, 5) is 6.99. The number of hydrogen-bond donors (Lipinski definition) is 1. The average molecular weight is 463 g/mol. The Kier molecular flexibility index (Phi) is 7.86. The minimum Gasteiger partial charge on any atom is -0.372 e. The van der Waals surface area contributed by atoms with Crippen LogP contribution >= 0.6 is 24.0 Å². The fraction of sp³-hybridized carbons (Fsp3) is 0.950. The number of aliphatic imine (C=N–C) groups is 1. The second kappa shape index (κ2) is 9.25. The van der Waals surface area contributed by atoms with Gasteiger partial charge in [0.1, 0.15) is 0 Å². The van der Waals surface area contributed by atoms with Gasteiger partial charge in [-0.3, -0.25) is 4.99 Å². The molecule has 4 nitrogen and oxygen atoms in total. The van der Waals surface area contributed by atoms with Gasteiger partial charge in [0.15, 0.2) is 5.96 Å². The number of ether oxygens (including phenoxy) is 1. The molecule has 3 aliphatic rings. The molecule has 0 bridgehead atoms. The van der Waals surface area contributed by atoms with Gasteiger partial charge in [0.25, 0.3) is 0 Å². The standard InChI is InChI=1S/C20H37N3O.HI/c1-20(2,3)24-16-10-12-23(13-11-16)19(21-4)22-18-14-17(18)15-8-6-5-7-9-15;/h15-18H,5-14H2,1-4H3,(H,21,22);1H. The predicted molar refractivity (Wildman–Crippen MR) is 116 cm³/mol. The van der Waals surface area contributed by atoms with Crippen LogP contribution in [0.2, 0.25) is 0 Å². The van der Waals surface area contributed by atoms with E-state index in [0.29, 0.717) is 12.1 Å². The van der Waals surface area contributed by atoms with Gasteiger partial charge in [-0.25, -0.2) is 0 Å². The molecule has 3 fully saturated rings. The van der Waals surface area contributed by atoms with Crippen LogP contribution in [-0.2, 0) is 4.74 Å². The van der Waals surface area contributed by atoms with Crippen molar-refractivity contribution in [2.75, 3.05) is 20.1 Å². The predicted octanol–water partition coefficient (Wildman–Crippen LogP) is 4.43. The number of hydrogen-bond acceptors (Lipinski definition) is 2. The van der Waals surface area contributed by atoms with E-state index in [2.05, 4.69) is 36.0 Å². The van der Waals surface area contributed by atoms with Gasteiger partial charge in [-0.05, 0) is 51.9 Å². The van der Waals surface area contributed by atoms with E-state index < -0.39 is 0 Å². The van der Waals surface area contributed by atoms with Gasteiger partial charge in [0, 0.05) is 26.2 Å². The summed E-state index contributed by atoms with van der Waals surface area (Å²) in [6, 6.07) is 0.676. The van der Waals surface area contributed by atoms with E-state index in [1.807, 2.05) is 7.05 Å². The number of likely N-dealkylation sites (tertiary alicyclic amines) is 1. The van der Waals surface area contributed by atoms with E-state index in [4.69, 9.17) is 4.74 Å². The van der Waals surface area contributed by atoms with E-state index in [0.717, 1.165) is 43.7 Å². The molecule has 2 saturated carbocycles. The second-order valence-corrected chi connectivity index (χ2v) is 9.01. The fourth-order valence-electron chi connectivity index (χ4n) is 4.61. The first-order chi connectivity index (χ1) is 11.5. The molecule has 0 aromatic carbocycles. The summed E-state index contributed by atoms with van der Waals surface area (Å²) in [6.07, 6.45) is 11.2. The highest BCUT2D eigenvalue weighted by atomic mass is 127. The molecule has 0 aromatic rings. The van der Waals surface area contributed by atoms with Crippen LogP contribution in [0.3, 0.4) is 0 Å². The van der Waals surface area contributed by atoms with Crippen LogP contribution in [0.1, 0.15) is 72.1 Å². The summed E-state index contributed by atoms with van der Waals surface area (Å²) in [5.74, 6) is 3.00. The van der Waals surface area contributed by atoms with E-state index in [1.54, 1.807) is 0 Å². The molecule has 0 radical (unpaired) electrons. The number of guanidine groups is 1. The lowest BCUT2D eigenvalue weighted by atomic mass is 9.85. The quantitative estimate of drug-likeness (QED) is 0.382. The van der Waals surface area contributed by atoms with Crippen LogP contribution in [0.25, 0.3) is 0 Å². The van der Waals surface area contributed by atoms with Crippen molar-refractivity contribution >= 4 is 29.9 Å². The van der Waals surface area contributed by atoms with Gasteiger partial charge in [-0.15, -0.1) is 24.0 Å². The van der Waals surface area contributed by atoms with Crippen molar-refractivity contribution in [3.05, 3.63) is 0 Å². The summed E-state index contributed by atoms with van der Waals surface area (Å²) in [5.41, 5.74) is -0.0337. The van der Waals surface area contributed by atoms with Crippen LogP contribution in [0.4, 0.5) is 0 Å². The minimum absolute atomic E-state index is 0. The third-order valence-electron chi connectivity index (χ3n) is 5.88. The molecule has 0 amide bonds. The molecule has 2 atom stereocenters. The fourth-order valence-corrected chi connectivity index (χ4v) is 4.61. The molecular weight excluding hydrogens is 425 g/mol. The molecule has 3 rings (SSSR count). The maximum absolute atomic E-state index is 6.14. The maximum Gasteiger partial charge on any atom is 0.193 e. The Morgan fingerprint density at radius 3 is 2.24 bits per heavy atom. The Morgan fingerprint density at radius 2 is 1.68 bits per heavy atom. The SMILES string of the molecule is CN=C(NC1CC1C1CCCCC1)N1CCC(OC(C)(C)C)CC1.I. The van der Waals surface area contributed by atoms with Gasteiger partial charge in [-0.2, -0.15) is 0 Å². The summed E-state index contributed by atoms with van der Waals surface area (Å²) >= 11 is 0. The monoisotopic (exact) mass is 463 g/mol. The Balaban J connectivity index is 0.00000225. The van der Waals surface area contributed by atoms with Crippen LogP contribution in [0, 0.1) is 11.8 Å². The number of rotatable bonds is 3. The lowest BCUT2D eigenvalue weighted by Gasteiger charge is -2.37. The van der Waals surface area contributed by atoms with Crippen molar-refractivity contribution in [2.45, 2.75) is 89.9 Å². The Morgan fingerprint density at radius 1 is 1.04 bits per heavy atom. The lowest BCUT2D eigenvalue weighted by Crippen LogP contribution is -2.48. The van der Waals surface area contributed by atoms with E-state index in [-0.39, 0.29) is 29.6 Å². The molecule has 2 unspecified atom stereocenters. The molecule has 1 saturated heterocycles. The average Bonchev–Trinajstić information content (AvgIpc) is 3.32. The first-order valence-electron chi connectivity index (χ1n) is 10.1. The smallest absolute Gasteiger partial charge is 0.193 e. The molecule has 0 aromatic heterocycles. The van der Waals surface area contributed by atoms with Gasteiger partial charge < -0.3 is 15.0 Å². The molecule has 1 N–H and O–H groups in total. The highest BCUT2D eigenvalue weighted by molar-refractivity contribution is 14.0. The normalized spacial score (nSPS) is 29.3. The van der Waals surface area contributed by atoms with Crippen LogP contribution in [0.5, 0.6) is 0 Å². The zero-order valence-corrected chi connectivity index (χ0v) is 18.9. The van der Waals surface area contributed by atoms with Gasteiger partial charge in [-0.1, -0.05) is 32.1 Å².